The van der Waals surface area contributed by atoms with Crippen molar-refractivity contribution in [2.24, 2.45) is 16.2 Å². The van der Waals surface area contributed by atoms with E-state index in [0.29, 0.717) is 27.8 Å². The highest BCUT2D eigenvalue weighted by atomic mass is 16.3. The summed E-state index contributed by atoms with van der Waals surface area (Å²) >= 11 is 0. The monoisotopic (exact) mass is 551 g/mol. The molecule has 0 N–H and O–H groups in total. The fraction of sp³-hybridized carbons (Fsp3) is 0.421. The fourth-order valence-electron chi connectivity index (χ4n) is 8.36. The molecular formula is C38H44N2O. The van der Waals surface area contributed by atoms with Gasteiger partial charge < -0.3 is 4.42 Å². The fourth-order valence-corrected chi connectivity index (χ4v) is 8.36. The van der Waals surface area contributed by atoms with Crippen molar-refractivity contribution in [1.82, 2.24) is 9.97 Å². The van der Waals surface area contributed by atoms with E-state index in [1.54, 1.807) is 12.1 Å². The molecule has 0 unspecified atom stereocenters. The van der Waals surface area contributed by atoms with E-state index >= 15 is 0 Å². The Hall–Kier alpha value is -3.46. The number of hydrogen-bond donors (Lipinski definition) is 0. The van der Waals surface area contributed by atoms with Gasteiger partial charge in [0.1, 0.15) is 5.58 Å². The largest absolute Gasteiger partial charge is 0.437 e. The van der Waals surface area contributed by atoms with E-state index in [0.717, 1.165) is 40.5 Å². The topological polar surface area (TPSA) is 38.9 Å². The van der Waals surface area contributed by atoms with Gasteiger partial charge in [-0.2, -0.15) is 0 Å². The van der Waals surface area contributed by atoms with Crippen LogP contribution in [0.5, 0.6) is 0 Å². The normalized spacial score (nSPS) is 22.2. The van der Waals surface area contributed by atoms with Crippen LogP contribution in [0.2, 0.25) is 0 Å². The van der Waals surface area contributed by atoms with E-state index in [4.69, 9.17) is 12.6 Å². The Morgan fingerprint density at radius 3 is 2.24 bits per heavy atom. The maximum absolute atomic E-state index is 10.2. The lowest BCUT2D eigenvalue weighted by Gasteiger charge is -2.56. The summed E-state index contributed by atoms with van der Waals surface area (Å²) in [5.74, 6) is -0.871. The summed E-state index contributed by atoms with van der Waals surface area (Å²) in [4.78, 5) is 8.92. The number of aryl methyl sites for hydroxylation is 4. The second-order valence-electron chi connectivity index (χ2n) is 14.1. The summed E-state index contributed by atoms with van der Waals surface area (Å²) in [5, 5.41) is 1.44. The molecule has 3 heterocycles. The number of hydrogen-bond acceptors (Lipinski definition) is 3. The van der Waals surface area contributed by atoms with Gasteiger partial charge in [0.05, 0.1) is 5.69 Å². The summed E-state index contributed by atoms with van der Waals surface area (Å²) in [6.07, 6.45) is 3.27. The molecule has 6 rings (SSSR count). The smallest absolute Gasteiger partial charge is 0.227 e. The molecule has 3 heteroatoms. The molecule has 2 aromatic carbocycles. The first-order valence-corrected chi connectivity index (χ1v) is 14.4. The lowest BCUT2D eigenvalue weighted by molar-refractivity contribution is -0.00980. The molecule has 0 saturated heterocycles. The van der Waals surface area contributed by atoms with Crippen LogP contribution in [0, 0.1) is 43.8 Å². The van der Waals surface area contributed by atoms with E-state index in [9.17, 15) is 1.37 Å². The van der Waals surface area contributed by atoms with Crippen LogP contribution >= 0.6 is 0 Å². The number of para-hydroxylation sites is 1. The van der Waals surface area contributed by atoms with Gasteiger partial charge in [0.15, 0.2) is 0 Å². The molecule has 212 valence electrons. The highest BCUT2D eigenvalue weighted by molar-refractivity contribution is 6.08. The van der Waals surface area contributed by atoms with Gasteiger partial charge in [-0.3, -0.25) is 4.98 Å². The number of nitrogens with zero attached hydrogens (tertiary/aromatic N) is 2. The molecule has 0 bridgehead atoms. The van der Waals surface area contributed by atoms with Gasteiger partial charge in [0, 0.05) is 37.8 Å². The van der Waals surface area contributed by atoms with Crippen LogP contribution in [0.15, 0.2) is 59.1 Å². The Morgan fingerprint density at radius 1 is 0.805 bits per heavy atom. The molecule has 0 atom stereocenters. The van der Waals surface area contributed by atoms with Crippen LogP contribution in [-0.2, 0) is 0 Å². The Kier molecular flexibility index (Phi) is 4.62. The average molecular weight is 552 g/mol. The summed E-state index contributed by atoms with van der Waals surface area (Å²) < 4.78 is 64.9. The molecule has 0 spiro atoms. The standard InChI is InChI=1S/C38H44N2O/c1-22-17-31(34-37(7,8)20-36(5,6)21-38(34,9)10)23(2)16-29(22)30-18-32(39-19-24(30)3)28-13-11-12-26-27-15-14-25(4)40-35(27)41-33(26)28/h11-19,34H,20-21H2,1-10H3/i3D3,4D3,34D. The minimum absolute atomic E-state index is 0.0505. The Morgan fingerprint density at radius 2 is 1.54 bits per heavy atom. The minimum Gasteiger partial charge on any atom is -0.437 e. The van der Waals surface area contributed by atoms with Crippen LogP contribution < -0.4 is 0 Å². The van der Waals surface area contributed by atoms with Crippen molar-refractivity contribution in [3.05, 3.63) is 82.7 Å². The highest BCUT2D eigenvalue weighted by Crippen LogP contribution is 2.62. The Bertz CT molecular complexity index is 2060. The molecule has 3 nitrogen and oxygen atoms in total. The van der Waals surface area contributed by atoms with E-state index in [1.165, 1.54) is 12.3 Å². The zero-order valence-corrected chi connectivity index (χ0v) is 25.4. The number of furan rings is 1. The predicted molar refractivity (Wildman–Crippen MR) is 172 cm³/mol. The van der Waals surface area contributed by atoms with Crippen molar-refractivity contribution < 1.29 is 14.0 Å². The lowest BCUT2D eigenvalue weighted by atomic mass is 9.49. The van der Waals surface area contributed by atoms with Gasteiger partial charge in [-0.05, 0) is 120 Å². The zero-order chi connectivity index (χ0) is 35.4. The van der Waals surface area contributed by atoms with E-state index in [2.05, 4.69) is 57.6 Å². The number of aromatic nitrogens is 2. The Balaban J connectivity index is 1.54. The molecule has 0 aliphatic heterocycles. The van der Waals surface area contributed by atoms with Gasteiger partial charge >= 0.3 is 0 Å². The van der Waals surface area contributed by atoms with Crippen LogP contribution in [0.25, 0.3) is 44.5 Å². The van der Waals surface area contributed by atoms with Gasteiger partial charge in [0.25, 0.3) is 0 Å². The highest BCUT2D eigenvalue weighted by Gasteiger charge is 2.51. The summed E-state index contributed by atoms with van der Waals surface area (Å²) in [7, 11) is 0. The lowest BCUT2D eigenvalue weighted by Crippen LogP contribution is -2.45. The molecule has 1 fully saturated rings. The number of benzene rings is 2. The van der Waals surface area contributed by atoms with Crippen LogP contribution in [0.3, 0.4) is 0 Å². The van der Waals surface area contributed by atoms with Crippen LogP contribution in [0.4, 0.5) is 0 Å². The van der Waals surface area contributed by atoms with Gasteiger partial charge in [-0.25, -0.2) is 4.98 Å². The Labute approximate surface area is 255 Å². The van der Waals surface area contributed by atoms with Crippen molar-refractivity contribution in [1.29, 1.82) is 0 Å². The van der Waals surface area contributed by atoms with Crippen LogP contribution in [0.1, 0.15) is 97.8 Å². The molecular weight excluding hydrogens is 500 g/mol. The summed E-state index contributed by atoms with van der Waals surface area (Å²) in [6.45, 7) is 12.7. The molecule has 5 aromatic rings. The third kappa shape index (κ3) is 4.68. The summed E-state index contributed by atoms with van der Waals surface area (Å²) in [5.41, 5.74) is 5.61. The predicted octanol–water partition coefficient (Wildman–Crippen LogP) is 10.9. The molecule has 0 amide bonds. The maximum atomic E-state index is 10.2. The van der Waals surface area contributed by atoms with Gasteiger partial charge in [-0.15, -0.1) is 0 Å². The first-order valence-electron chi connectivity index (χ1n) is 17.9. The van der Waals surface area contributed by atoms with Crippen molar-refractivity contribution in [2.45, 2.75) is 87.8 Å². The minimum atomic E-state index is -2.42. The number of fused-ring (bicyclic) bond motifs is 3. The molecule has 41 heavy (non-hydrogen) atoms. The van der Waals surface area contributed by atoms with E-state index < -0.39 is 19.6 Å². The van der Waals surface area contributed by atoms with Crippen molar-refractivity contribution >= 4 is 22.1 Å². The van der Waals surface area contributed by atoms with E-state index in [1.807, 2.05) is 38.1 Å². The molecule has 3 aromatic heterocycles. The first-order chi connectivity index (χ1) is 22.0. The third-order valence-corrected chi connectivity index (χ3v) is 8.87. The molecule has 1 aliphatic carbocycles. The molecule has 1 saturated carbocycles. The molecule has 1 aliphatic rings. The van der Waals surface area contributed by atoms with Crippen LogP contribution in [-0.4, -0.2) is 9.97 Å². The van der Waals surface area contributed by atoms with Gasteiger partial charge in [0.2, 0.25) is 5.71 Å². The average Bonchev–Trinajstić information content (AvgIpc) is 3.33. The zero-order valence-electron chi connectivity index (χ0n) is 32.4. The first kappa shape index (κ1) is 20.4. The second kappa shape index (κ2) is 9.28. The van der Waals surface area contributed by atoms with Gasteiger partial charge in [-0.1, -0.05) is 65.8 Å². The quantitative estimate of drug-likeness (QED) is 0.224. The maximum Gasteiger partial charge on any atom is 0.227 e. The van der Waals surface area contributed by atoms with Crippen molar-refractivity contribution in [2.75, 3.05) is 0 Å². The third-order valence-electron chi connectivity index (χ3n) is 8.87. The second-order valence-corrected chi connectivity index (χ2v) is 14.1. The molecule has 0 radical (unpaired) electrons. The summed E-state index contributed by atoms with van der Waals surface area (Å²) in [6, 6.07) is 14.8. The number of rotatable bonds is 3. The SMILES string of the molecule is [2H]C([2H])([2H])c1ccc2c(n1)oc1c(-c3cc(-c4cc(C)c(C5([2H])C(C)(C)CC(C)(C)CC5(C)C)cc4C)c(C([2H])([2H])[2H])cn3)cccc12. The van der Waals surface area contributed by atoms with Crippen molar-refractivity contribution in [3.63, 3.8) is 0 Å². The van der Waals surface area contributed by atoms with Crippen molar-refractivity contribution in [3.8, 4) is 22.4 Å². The van der Waals surface area contributed by atoms with E-state index in [-0.39, 0.29) is 33.2 Å². The number of pyridine rings is 2.